The topological polar surface area (TPSA) is 41.6 Å². The van der Waals surface area contributed by atoms with Crippen molar-refractivity contribution >= 4 is 47.0 Å². The fourth-order valence-electron chi connectivity index (χ4n) is 2.48. The first-order valence-corrected chi connectivity index (χ1v) is 12.5. The van der Waals surface area contributed by atoms with Gasteiger partial charge in [-0.05, 0) is 55.4 Å². The van der Waals surface area contributed by atoms with Gasteiger partial charge in [-0.2, -0.15) is 5.10 Å². The third kappa shape index (κ3) is 4.05. The molecular weight excluding hydrogens is 386 g/mol. The van der Waals surface area contributed by atoms with Crippen LogP contribution in [0.15, 0.2) is 56.0 Å². The zero-order chi connectivity index (χ0) is 17.8. The predicted octanol–water partition coefficient (Wildman–Crippen LogP) is 6.03. The summed E-state index contributed by atoms with van der Waals surface area (Å²) in [4.78, 5) is 9.80. The van der Waals surface area contributed by atoms with Crippen LogP contribution in [0, 0.1) is 0 Å². The molecule has 0 bridgehead atoms. The molecular formula is C18H19N3S4. The molecule has 0 radical (unpaired) electrons. The van der Waals surface area contributed by atoms with Gasteiger partial charge < -0.3 is 0 Å². The summed E-state index contributed by atoms with van der Waals surface area (Å²) in [7, 11) is 0. The van der Waals surface area contributed by atoms with Gasteiger partial charge in [0.15, 0.2) is 11.6 Å². The van der Waals surface area contributed by atoms with Crippen molar-refractivity contribution in [2.24, 2.45) is 0 Å². The van der Waals surface area contributed by atoms with E-state index in [2.05, 4.69) is 71.6 Å². The summed E-state index contributed by atoms with van der Waals surface area (Å²) in [6.07, 6.45) is 8.39. The second-order valence-corrected chi connectivity index (χ2v) is 8.54. The number of aromatic nitrogens is 3. The average molecular weight is 406 g/mol. The quantitative estimate of drug-likeness (QED) is 0.505. The number of benzene rings is 2. The van der Waals surface area contributed by atoms with E-state index < -0.39 is 0 Å². The molecule has 1 heterocycles. The highest BCUT2D eigenvalue weighted by atomic mass is 32.2. The van der Waals surface area contributed by atoms with Crippen molar-refractivity contribution in [2.75, 3.05) is 25.0 Å². The number of thioether (sulfide) groups is 4. The number of nitrogens with one attached hydrogen (secondary N) is 1. The average Bonchev–Trinajstić information content (AvgIpc) is 3.17. The molecule has 2 aromatic carbocycles. The molecule has 0 unspecified atom stereocenters. The molecule has 25 heavy (non-hydrogen) atoms. The van der Waals surface area contributed by atoms with Gasteiger partial charge in [-0.25, -0.2) is 4.98 Å². The van der Waals surface area contributed by atoms with Crippen LogP contribution in [0.1, 0.15) is 0 Å². The zero-order valence-corrected chi connectivity index (χ0v) is 17.8. The van der Waals surface area contributed by atoms with Gasteiger partial charge in [0.2, 0.25) is 0 Å². The Morgan fingerprint density at radius 2 is 1.20 bits per heavy atom. The molecule has 0 atom stereocenters. The standard InChI is InChI=1S/C18H19N3S4/c1-22-13-7-5-11(9-15(13)24-3)17-19-18(21-20-17)12-6-8-14(23-2)16(10-12)25-4/h5-10H,1-4H3,(H,19,20,21). The fourth-order valence-corrected chi connectivity index (χ4v) is 5.44. The van der Waals surface area contributed by atoms with Gasteiger partial charge in [0.05, 0.1) is 0 Å². The van der Waals surface area contributed by atoms with Crippen LogP contribution in [-0.2, 0) is 0 Å². The molecule has 0 fully saturated rings. The Balaban J connectivity index is 1.95. The van der Waals surface area contributed by atoms with Gasteiger partial charge in [0.1, 0.15) is 0 Å². The summed E-state index contributed by atoms with van der Waals surface area (Å²) in [5, 5.41) is 7.51. The predicted molar refractivity (Wildman–Crippen MR) is 114 cm³/mol. The van der Waals surface area contributed by atoms with Gasteiger partial charge in [-0.15, -0.1) is 47.0 Å². The van der Waals surface area contributed by atoms with Crippen molar-refractivity contribution < 1.29 is 0 Å². The van der Waals surface area contributed by atoms with Crippen LogP contribution in [0.5, 0.6) is 0 Å². The molecule has 0 aliphatic heterocycles. The van der Waals surface area contributed by atoms with E-state index in [1.165, 1.54) is 19.6 Å². The summed E-state index contributed by atoms with van der Waals surface area (Å²) in [5.74, 6) is 1.54. The molecule has 7 heteroatoms. The van der Waals surface area contributed by atoms with Crippen molar-refractivity contribution in [3.63, 3.8) is 0 Å². The molecule has 0 saturated carbocycles. The van der Waals surface area contributed by atoms with Gasteiger partial charge >= 0.3 is 0 Å². The van der Waals surface area contributed by atoms with Crippen molar-refractivity contribution in [1.29, 1.82) is 0 Å². The minimum Gasteiger partial charge on any atom is -0.259 e. The number of nitrogens with zero attached hydrogens (tertiary/aromatic N) is 2. The molecule has 3 nitrogen and oxygen atoms in total. The summed E-state index contributed by atoms with van der Waals surface area (Å²) in [6, 6.07) is 12.8. The minimum absolute atomic E-state index is 0.734. The number of H-pyrrole nitrogens is 1. The molecule has 3 rings (SSSR count). The highest BCUT2D eigenvalue weighted by molar-refractivity contribution is 8.02. The largest absolute Gasteiger partial charge is 0.259 e. The minimum atomic E-state index is 0.734. The molecule has 0 amide bonds. The van der Waals surface area contributed by atoms with E-state index in [4.69, 9.17) is 4.98 Å². The van der Waals surface area contributed by atoms with Crippen LogP contribution in [0.2, 0.25) is 0 Å². The molecule has 0 saturated heterocycles. The lowest BCUT2D eigenvalue weighted by Crippen LogP contribution is -1.85. The number of aromatic amines is 1. The number of hydrogen-bond acceptors (Lipinski definition) is 6. The first-order valence-electron chi connectivity index (χ1n) is 7.57. The normalized spacial score (nSPS) is 11.0. The summed E-state index contributed by atoms with van der Waals surface area (Å²) in [5.41, 5.74) is 2.10. The van der Waals surface area contributed by atoms with Gasteiger partial charge in [0.25, 0.3) is 0 Å². The third-order valence-corrected chi connectivity index (χ3v) is 7.19. The van der Waals surface area contributed by atoms with Crippen LogP contribution in [-0.4, -0.2) is 40.2 Å². The lowest BCUT2D eigenvalue weighted by Gasteiger charge is -2.06. The van der Waals surface area contributed by atoms with E-state index in [1.807, 2.05) is 0 Å². The molecule has 1 N–H and O–H groups in total. The lowest BCUT2D eigenvalue weighted by atomic mass is 10.2. The van der Waals surface area contributed by atoms with E-state index in [9.17, 15) is 0 Å². The molecule has 0 spiro atoms. The van der Waals surface area contributed by atoms with Gasteiger partial charge in [-0.1, -0.05) is 6.07 Å². The first kappa shape index (κ1) is 18.8. The molecule has 130 valence electrons. The van der Waals surface area contributed by atoms with Gasteiger partial charge in [0, 0.05) is 30.7 Å². The summed E-state index contributed by atoms with van der Waals surface area (Å²) in [6.45, 7) is 0. The van der Waals surface area contributed by atoms with Crippen LogP contribution in [0.3, 0.4) is 0 Å². The van der Waals surface area contributed by atoms with E-state index in [-0.39, 0.29) is 0 Å². The Kier molecular flexibility index (Phi) is 6.44. The monoisotopic (exact) mass is 405 g/mol. The number of hydrogen-bond donors (Lipinski definition) is 1. The van der Waals surface area contributed by atoms with Crippen molar-refractivity contribution in [2.45, 2.75) is 19.6 Å². The second-order valence-electron chi connectivity index (χ2n) is 5.15. The maximum Gasteiger partial charge on any atom is 0.181 e. The zero-order valence-electron chi connectivity index (χ0n) is 14.5. The highest BCUT2D eigenvalue weighted by Crippen LogP contribution is 2.34. The smallest absolute Gasteiger partial charge is 0.181 e. The van der Waals surface area contributed by atoms with Crippen LogP contribution in [0.4, 0.5) is 0 Å². The Morgan fingerprint density at radius 1 is 0.680 bits per heavy atom. The van der Waals surface area contributed by atoms with E-state index >= 15 is 0 Å². The molecule has 3 aromatic rings. The van der Waals surface area contributed by atoms with E-state index in [0.717, 1.165) is 22.8 Å². The Hall–Kier alpha value is -1.02. The summed E-state index contributed by atoms with van der Waals surface area (Å²) >= 11 is 7.02. The lowest BCUT2D eigenvalue weighted by molar-refractivity contribution is 1.09. The summed E-state index contributed by atoms with van der Waals surface area (Å²) < 4.78 is 0. The highest BCUT2D eigenvalue weighted by Gasteiger charge is 2.12. The molecule has 0 aliphatic rings. The van der Waals surface area contributed by atoms with Crippen molar-refractivity contribution in [3.8, 4) is 22.8 Å². The number of rotatable bonds is 6. The van der Waals surface area contributed by atoms with Crippen molar-refractivity contribution in [1.82, 2.24) is 15.2 Å². The Morgan fingerprint density at radius 3 is 1.76 bits per heavy atom. The Labute approximate surface area is 165 Å². The first-order chi connectivity index (χ1) is 12.2. The molecule has 0 aliphatic carbocycles. The third-order valence-electron chi connectivity index (χ3n) is 3.78. The van der Waals surface area contributed by atoms with Crippen LogP contribution >= 0.6 is 47.0 Å². The van der Waals surface area contributed by atoms with Crippen LogP contribution < -0.4 is 0 Å². The van der Waals surface area contributed by atoms with Crippen LogP contribution in [0.25, 0.3) is 22.8 Å². The van der Waals surface area contributed by atoms with E-state index in [1.54, 1.807) is 47.0 Å². The SMILES string of the molecule is CSc1ccc(-c2n[nH]c(-c3ccc(SC)c(SC)c3)n2)cc1SC. The Bertz CT molecular complexity index is 807. The second kappa shape index (κ2) is 8.58. The fraction of sp³-hybridized carbons (Fsp3) is 0.222. The van der Waals surface area contributed by atoms with Crippen molar-refractivity contribution in [3.05, 3.63) is 36.4 Å². The molecule has 1 aromatic heterocycles. The van der Waals surface area contributed by atoms with E-state index in [0.29, 0.717) is 0 Å². The van der Waals surface area contributed by atoms with Gasteiger partial charge in [-0.3, -0.25) is 5.10 Å². The maximum absolute atomic E-state index is 4.71. The maximum atomic E-state index is 4.71.